The SMILES string of the molecule is CCCN1CCC[C@@]2(C1)NC(=O)c1ccccc12.Cl. The van der Waals surface area contributed by atoms with E-state index in [0.29, 0.717) is 0 Å². The number of carbonyl (C=O) groups excluding carboxylic acids is 1. The molecule has 1 fully saturated rings. The van der Waals surface area contributed by atoms with Crippen molar-refractivity contribution in [1.82, 2.24) is 10.2 Å². The van der Waals surface area contributed by atoms with E-state index in [2.05, 4.69) is 23.2 Å². The van der Waals surface area contributed by atoms with Crippen LogP contribution < -0.4 is 5.32 Å². The summed E-state index contributed by atoms with van der Waals surface area (Å²) in [6, 6.07) is 8.05. The first-order chi connectivity index (χ1) is 8.75. The van der Waals surface area contributed by atoms with Gasteiger partial charge >= 0.3 is 0 Å². The molecule has 2 aliphatic heterocycles. The number of hydrogen-bond acceptors (Lipinski definition) is 2. The molecular formula is C15H21ClN2O. The topological polar surface area (TPSA) is 32.3 Å². The molecule has 3 rings (SSSR count). The van der Waals surface area contributed by atoms with E-state index >= 15 is 0 Å². The van der Waals surface area contributed by atoms with Crippen LogP contribution >= 0.6 is 12.4 Å². The Morgan fingerprint density at radius 2 is 2.16 bits per heavy atom. The molecule has 4 heteroatoms. The van der Waals surface area contributed by atoms with Gasteiger partial charge in [-0.3, -0.25) is 4.79 Å². The zero-order valence-corrected chi connectivity index (χ0v) is 12.1. The van der Waals surface area contributed by atoms with Gasteiger partial charge in [0, 0.05) is 12.1 Å². The fraction of sp³-hybridized carbons (Fsp3) is 0.533. The summed E-state index contributed by atoms with van der Waals surface area (Å²) in [5.41, 5.74) is 1.95. The number of nitrogens with one attached hydrogen (secondary N) is 1. The molecule has 1 amide bonds. The molecule has 19 heavy (non-hydrogen) atoms. The predicted molar refractivity (Wildman–Crippen MR) is 78.8 cm³/mol. The molecule has 0 radical (unpaired) electrons. The van der Waals surface area contributed by atoms with E-state index < -0.39 is 0 Å². The number of fused-ring (bicyclic) bond motifs is 2. The van der Waals surface area contributed by atoms with Crippen LogP contribution in [0.25, 0.3) is 0 Å². The summed E-state index contributed by atoms with van der Waals surface area (Å²) in [6.45, 7) is 5.46. The van der Waals surface area contributed by atoms with Crippen molar-refractivity contribution < 1.29 is 4.79 Å². The first-order valence-corrected chi connectivity index (χ1v) is 6.89. The van der Waals surface area contributed by atoms with Crippen LogP contribution in [0.4, 0.5) is 0 Å². The second-order valence-electron chi connectivity index (χ2n) is 5.46. The summed E-state index contributed by atoms with van der Waals surface area (Å²) < 4.78 is 0. The highest BCUT2D eigenvalue weighted by Crippen LogP contribution is 2.38. The lowest BCUT2D eigenvalue weighted by Crippen LogP contribution is -2.52. The van der Waals surface area contributed by atoms with Crippen molar-refractivity contribution >= 4 is 18.3 Å². The standard InChI is InChI=1S/C15H20N2O.ClH/c1-2-9-17-10-5-8-15(11-17)13-7-4-3-6-12(13)14(18)16-15;/h3-4,6-7H,2,5,8-11H2,1H3,(H,16,18);1H/t15-;/m0./s1. The summed E-state index contributed by atoms with van der Waals surface area (Å²) in [5, 5.41) is 3.24. The smallest absolute Gasteiger partial charge is 0.252 e. The van der Waals surface area contributed by atoms with Crippen LogP contribution in [0, 0.1) is 0 Å². The average molecular weight is 281 g/mol. The van der Waals surface area contributed by atoms with Gasteiger partial charge in [0.05, 0.1) is 5.54 Å². The van der Waals surface area contributed by atoms with Crippen molar-refractivity contribution in [3.63, 3.8) is 0 Å². The summed E-state index contributed by atoms with van der Waals surface area (Å²) in [4.78, 5) is 14.6. The van der Waals surface area contributed by atoms with Gasteiger partial charge in [-0.15, -0.1) is 12.4 Å². The van der Waals surface area contributed by atoms with Gasteiger partial charge in [-0.05, 0) is 44.0 Å². The molecule has 1 atom stereocenters. The van der Waals surface area contributed by atoms with E-state index in [4.69, 9.17) is 0 Å². The Hall–Kier alpha value is -1.06. The predicted octanol–water partition coefficient (Wildman–Crippen LogP) is 2.55. The van der Waals surface area contributed by atoms with Crippen molar-refractivity contribution in [2.45, 2.75) is 31.7 Å². The van der Waals surface area contributed by atoms with E-state index in [1.807, 2.05) is 18.2 Å². The zero-order valence-electron chi connectivity index (χ0n) is 11.3. The van der Waals surface area contributed by atoms with Crippen molar-refractivity contribution in [1.29, 1.82) is 0 Å². The Labute approximate surface area is 120 Å². The normalized spacial score (nSPS) is 25.8. The molecular weight excluding hydrogens is 260 g/mol. The molecule has 1 N–H and O–H groups in total. The molecule has 0 bridgehead atoms. The van der Waals surface area contributed by atoms with Crippen LogP contribution in [0.2, 0.25) is 0 Å². The highest BCUT2D eigenvalue weighted by Gasteiger charge is 2.44. The quantitative estimate of drug-likeness (QED) is 0.903. The van der Waals surface area contributed by atoms with Crippen LogP contribution in [0.3, 0.4) is 0 Å². The highest BCUT2D eigenvalue weighted by molar-refractivity contribution is 6.00. The Bertz CT molecular complexity index is 475. The first-order valence-electron chi connectivity index (χ1n) is 6.89. The van der Waals surface area contributed by atoms with Crippen LogP contribution in [-0.2, 0) is 5.54 Å². The van der Waals surface area contributed by atoms with Crippen LogP contribution in [0.1, 0.15) is 42.1 Å². The summed E-state index contributed by atoms with van der Waals surface area (Å²) >= 11 is 0. The Morgan fingerprint density at radius 1 is 1.37 bits per heavy atom. The molecule has 104 valence electrons. The average Bonchev–Trinajstić information content (AvgIpc) is 2.64. The highest BCUT2D eigenvalue weighted by atomic mass is 35.5. The number of piperidine rings is 1. The Morgan fingerprint density at radius 3 is 2.95 bits per heavy atom. The number of halogens is 1. The van der Waals surface area contributed by atoms with Crippen molar-refractivity contribution in [2.75, 3.05) is 19.6 Å². The third-order valence-electron chi connectivity index (χ3n) is 4.15. The Kier molecular flexibility index (Phi) is 4.16. The van der Waals surface area contributed by atoms with E-state index in [1.54, 1.807) is 0 Å². The minimum atomic E-state index is -0.124. The second-order valence-corrected chi connectivity index (χ2v) is 5.46. The molecule has 0 aliphatic carbocycles. The maximum atomic E-state index is 12.1. The lowest BCUT2D eigenvalue weighted by Gasteiger charge is -2.41. The summed E-state index contributed by atoms with van der Waals surface area (Å²) in [7, 11) is 0. The van der Waals surface area contributed by atoms with Gasteiger partial charge < -0.3 is 10.2 Å². The van der Waals surface area contributed by atoms with E-state index in [1.165, 1.54) is 12.0 Å². The van der Waals surface area contributed by atoms with Crippen LogP contribution in [0.15, 0.2) is 24.3 Å². The molecule has 3 nitrogen and oxygen atoms in total. The number of hydrogen-bond donors (Lipinski definition) is 1. The van der Waals surface area contributed by atoms with Gasteiger partial charge in [0.1, 0.15) is 0 Å². The van der Waals surface area contributed by atoms with E-state index in [9.17, 15) is 4.79 Å². The Balaban J connectivity index is 0.00000133. The summed E-state index contributed by atoms with van der Waals surface area (Å²) in [6.07, 6.45) is 3.40. The van der Waals surface area contributed by atoms with Gasteiger partial charge in [-0.25, -0.2) is 0 Å². The molecule has 2 heterocycles. The lowest BCUT2D eigenvalue weighted by molar-refractivity contribution is 0.0838. The molecule has 0 aromatic heterocycles. The van der Waals surface area contributed by atoms with Gasteiger partial charge in [-0.1, -0.05) is 25.1 Å². The van der Waals surface area contributed by atoms with Gasteiger partial charge in [0.2, 0.25) is 0 Å². The van der Waals surface area contributed by atoms with E-state index in [-0.39, 0.29) is 23.9 Å². The van der Waals surface area contributed by atoms with Gasteiger partial charge in [0.15, 0.2) is 0 Å². The molecule has 2 aliphatic rings. The molecule has 1 aromatic carbocycles. The summed E-state index contributed by atoms with van der Waals surface area (Å²) in [5.74, 6) is 0.101. The molecule has 0 unspecified atom stereocenters. The van der Waals surface area contributed by atoms with Gasteiger partial charge in [0.25, 0.3) is 5.91 Å². The number of benzene rings is 1. The van der Waals surface area contributed by atoms with Crippen molar-refractivity contribution in [2.24, 2.45) is 0 Å². The molecule has 1 spiro atoms. The minimum Gasteiger partial charge on any atom is -0.341 e. The van der Waals surface area contributed by atoms with Crippen molar-refractivity contribution in [3.05, 3.63) is 35.4 Å². The monoisotopic (exact) mass is 280 g/mol. The third-order valence-corrected chi connectivity index (χ3v) is 4.15. The van der Waals surface area contributed by atoms with Crippen LogP contribution in [0.5, 0.6) is 0 Å². The number of amides is 1. The third kappa shape index (κ3) is 2.37. The number of likely N-dealkylation sites (tertiary alicyclic amines) is 1. The molecule has 1 aromatic rings. The number of carbonyl (C=O) groups is 1. The van der Waals surface area contributed by atoms with Crippen LogP contribution in [-0.4, -0.2) is 30.4 Å². The zero-order chi connectivity index (χ0) is 12.6. The van der Waals surface area contributed by atoms with Gasteiger partial charge in [-0.2, -0.15) is 0 Å². The number of nitrogens with zero attached hydrogens (tertiary/aromatic N) is 1. The van der Waals surface area contributed by atoms with Crippen molar-refractivity contribution in [3.8, 4) is 0 Å². The molecule has 1 saturated heterocycles. The minimum absolute atomic E-state index is 0. The fourth-order valence-corrected chi connectivity index (χ4v) is 3.42. The lowest BCUT2D eigenvalue weighted by atomic mass is 9.83. The van der Waals surface area contributed by atoms with E-state index in [0.717, 1.165) is 38.0 Å². The second kappa shape index (κ2) is 5.51. The fourth-order valence-electron chi connectivity index (χ4n) is 3.42. The largest absolute Gasteiger partial charge is 0.341 e. The number of rotatable bonds is 2. The molecule has 0 saturated carbocycles. The maximum Gasteiger partial charge on any atom is 0.252 e. The first kappa shape index (κ1) is 14.4. The maximum absolute atomic E-state index is 12.1.